The second kappa shape index (κ2) is 6.18. The van der Waals surface area contributed by atoms with E-state index < -0.39 is 0 Å². The lowest BCUT2D eigenvalue weighted by molar-refractivity contribution is 0.0926. The van der Waals surface area contributed by atoms with Crippen molar-refractivity contribution in [2.24, 2.45) is 5.92 Å². The molecule has 1 saturated heterocycles. The Kier molecular flexibility index (Phi) is 4.83. The van der Waals surface area contributed by atoms with E-state index in [0.717, 1.165) is 10.1 Å². The zero-order valence-electron chi connectivity index (χ0n) is 9.62. The van der Waals surface area contributed by atoms with Crippen molar-refractivity contribution in [3.8, 4) is 0 Å². The lowest BCUT2D eigenvalue weighted by atomic mass is 10.1. The van der Waals surface area contributed by atoms with Gasteiger partial charge in [0.15, 0.2) is 0 Å². The predicted molar refractivity (Wildman–Crippen MR) is 78.9 cm³/mol. The van der Waals surface area contributed by atoms with Crippen LogP contribution in [0.1, 0.15) is 10.4 Å². The average Bonchev–Trinajstić information content (AvgIpc) is 2.75. The maximum absolute atomic E-state index is 12.0. The highest BCUT2D eigenvalue weighted by Crippen LogP contribution is 2.18. The number of carbonyl (C=O) groups excluding carboxylic acids is 1. The fourth-order valence-corrected chi connectivity index (χ4v) is 2.67. The van der Waals surface area contributed by atoms with Crippen LogP contribution in [-0.4, -0.2) is 36.8 Å². The molecule has 2 atom stereocenters. The minimum absolute atomic E-state index is 0.0748. The first kappa shape index (κ1) is 14.0. The molecule has 2 unspecified atom stereocenters. The highest BCUT2D eigenvalue weighted by Gasteiger charge is 2.25. The molecule has 0 aliphatic carbocycles. The monoisotopic (exact) mass is 380 g/mol. The van der Waals surface area contributed by atoms with Gasteiger partial charge < -0.3 is 15.7 Å². The standard InChI is InChI=1S/C12H14ClIN2O2/c13-8-1-2-10(14)9(3-8)12(18)16-5-7-4-15-6-11(7)17/h1-3,7,11,15,17H,4-6H2,(H,16,18). The minimum atomic E-state index is -0.385. The van der Waals surface area contributed by atoms with Gasteiger partial charge in [-0.2, -0.15) is 0 Å². The molecule has 2 rings (SSSR count). The van der Waals surface area contributed by atoms with Gasteiger partial charge in [0.05, 0.1) is 11.7 Å². The molecule has 1 aliphatic rings. The van der Waals surface area contributed by atoms with E-state index in [1.165, 1.54) is 0 Å². The molecule has 0 radical (unpaired) electrons. The number of amides is 1. The van der Waals surface area contributed by atoms with Crippen molar-refractivity contribution in [2.45, 2.75) is 6.10 Å². The lowest BCUT2D eigenvalue weighted by Crippen LogP contribution is -2.34. The van der Waals surface area contributed by atoms with Gasteiger partial charge in [-0.05, 0) is 40.8 Å². The molecular weight excluding hydrogens is 367 g/mol. The van der Waals surface area contributed by atoms with Crippen molar-refractivity contribution in [1.82, 2.24) is 10.6 Å². The van der Waals surface area contributed by atoms with E-state index in [1.807, 2.05) is 6.07 Å². The van der Waals surface area contributed by atoms with Crippen molar-refractivity contribution in [3.05, 3.63) is 32.4 Å². The molecule has 1 aliphatic heterocycles. The second-order valence-electron chi connectivity index (χ2n) is 4.32. The van der Waals surface area contributed by atoms with Crippen molar-refractivity contribution < 1.29 is 9.90 Å². The van der Waals surface area contributed by atoms with Gasteiger partial charge in [-0.1, -0.05) is 11.6 Å². The molecule has 1 aromatic rings. The number of benzene rings is 1. The Balaban J connectivity index is 1.97. The van der Waals surface area contributed by atoms with Crippen molar-refractivity contribution in [1.29, 1.82) is 0 Å². The molecule has 0 aromatic heterocycles. The third-order valence-electron chi connectivity index (χ3n) is 3.00. The maximum Gasteiger partial charge on any atom is 0.252 e. The molecule has 0 saturated carbocycles. The summed E-state index contributed by atoms with van der Waals surface area (Å²) in [6.07, 6.45) is -0.385. The number of hydrogen-bond acceptors (Lipinski definition) is 3. The summed E-state index contributed by atoms with van der Waals surface area (Å²) in [6, 6.07) is 5.22. The Bertz CT molecular complexity index is 456. The summed E-state index contributed by atoms with van der Waals surface area (Å²) in [5.74, 6) is -0.0770. The Morgan fingerprint density at radius 1 is 1.56 bits per heavy atom. The van der Waals surface area contributed by atoms with Crippen LogP contribution in [0, 0.1) is 9.49 Å². The summed E-state index contributed by atoms with van der Waals surface area (Å²) in [6.45, 7) is 1.79. The van der Waals surface area contributed by atoms with Gasteiger partial charge in [0.2, 0.25) is 0 Å². The Morgan fingerprint density at radius 3 is 3.00 bits per heavy atom. The fraction of sp³-hybridized carbons (Fsp3) is 0.417. The van der Waals surface area contributed by atoms with E-state index in [1.54, 1.807) is 12.1 Å². The number of halogens is 2. The Morgan fingerprint density at radius 2 is 2.33 bits per heavy atom. The number of rotatable bonds is 3. The van der Waals surface area contributed by atoms with Crippen LogP contribution < -0.4 is 10.6 Å². The van der Waals surface area contributed by atoms with E-state index in [0.29, 0.717) is 23.7 Å². The zero-order valence-corrected chi connectivity index (χ0v) is 12.5. The number of carbonyl (C=O) groups is 1. The van der Waals surface area contributed by atoms with E-state index in [-0.39, 0.29) is 17.9 Å². The smallest absolute Gasteiger partial charge is 0.252 e. The highest BCUT2D eigenvalue weighted by molar-refractivity contribution is 14.1. The number of β-amino-alcohol motifs (C(OH)–C–C–N with tert-alkyl or cyclic N) is 1. The van der Waals surface area contributed by atoms with Crippen molar-refractivity contribution >= 4 is 40.1 Å². The first-order valence-electron chi connectivity index (χ1n) is 5.70. The summed E-state index contributed by atoms with van der Waals surface area (Å²) >= 11 is 7.98. The SMILES string of the molecule is O=C(NCC1CNCC1O)c1cc(Cl)ccc1I. The number of aliphatic hydroxyl groups is 1. The summed E-state index contributed by atoms with van der Waals surface area (Å²) in [5.41, 5.74) is 0.573. The summed E-state index contributed by atoms with van der Waals surface area (Å²) in [5, 5.41) is 16.1. The topological polar surface area (TPSA) is 61.4 Å². The Labute approximate surface area is 124 Å². The number of hydrogen-bond donors (Lipinski definition) is 3. The van der Waals surface area contributed by atoms with Crippen LogP contribution in [0.5, 0.6) is 0 Å². The van der Waals surface area contributed by atoms with E-state index in [4.69, 9.17) is 11.6 Å². The van der Waals surface area contributed by atoms with Crippen molar-refractivity contribution in [3.63, 3.8) is 0 Å². The van der Waals surface area contributed by atoms with Crippen LogP contribution >= 0.6 is 34.2 Å². The molecule has 18 heavy (non-hydrogen) atoms. The molecule has 1 aromatic carbocycles. The van der Waals surface area contributed by atoms with Gasteiger partial charge in [0.25, 0.3) is 5.91 Å². The first-order chi connectivity index (χ1) is 8.58. The molecule has 1 heterocycles. The van der Waals surface area contributed by atoms with E-state index in [2.05, 4.69) is 33.2 Å². The van der Waals surface area contributed by atoms with Crippen LogP contribution in [0.3, 0.4) is 0 Å². The van der Waals surface area contributed by atoms with Crippen LogP contribution in [0.15, 0.2) is 18.2 Å². The molecular formula is C12H14ClIN2O2. The van der Waals surface area contributed by atoms with Crippen molar-refractivity contribution in [2.75, 3.05) is 19.6 Å². The minimum Gasteiger partial charge on any atom is -0.391 e. The molecule has 1 fully saturated rings. The van der Waals surface area contributed by atoms with Gasteiger partial charge in [-0.15, -0.1) is 0 Å². The fourth-order valence-electron chi connectivity index (χ4n) is 1.92. The first-order valence-corrected chi connectivity index (χ1v) is 7.15. The summed E-state index contributed by atoms with van der Waals surface area (Å²) in [4.78, 5) is 12.0. The number of aliphatic hydroxyl groups excluding tert-OH is 1. The molecule has 1 amide bonds. The molecule has 0 spiro atoms. The van der Waals surface area contributed by atoms with Crippen LogP contribution in [-0.2, 0) is 0 Å². The van der Waals surface area contributed by atoms with E-state index >= 15 is 0 Å². The summed E-state index contributed by atoms with van der Waals surface area (Å²) in [7, 11) is 0. The predicted octanol–water partition coefficient (Wildman–Crippen LogP) is 1.25. The van der Waals surface area contributed by atoms with Crippen LogP contribution in [0.4, 0.5) is 0 Å². The lowest BCUT2D eigenvalue weighted by Gasteiger charge is -2.14. The molecule has 98 valence electrons. The Hall–Kier alpha value is -0.370. The highest BCUT2D eigenvalue weighted by atomic mass is 127. The quantitative estimate of drug-likeness (QED) is 0.692. The second-order valence-corrected chi connectivity index (χ2v) is 5.92. The molecule has 6 heteroatoms. The van der Waals surface area contributed by atoms with Gasteiger partial charge in [-0.3, -0.25) is 4.79 Å². The molecule has 4 nitrogen and oxygen atoms in total. The largest absolute Gasteiger partial charge is 0.391 e. The van der Waals surface area contributed by atoms with Gasteiger partial charge in [0.1, 0.15) is 0 Å². The summed E-state index contributed by atoms with van der Waals surface area (Å²) < 4.78 is 0.861. The third kappa shape index (κ3) is 3.34. The van der Waals surface area contributed by atoms with Crippen LogP contribution in [0.2, 0.25) is 5.02 Å². The normalized spacial score (nSPS) is 23.1. The third-order valence-corrected chi connectivity index (χ3v) is 4.18. The van der Waals surface area contributed by atoms with Gasteiger partial charge >= 0.3 is 0 Å². The molecule has 0 bridgehead atoms. The average molecular weight is 381 g/mol. The van der Waals surface area contributed by atoms with Gasteiger partial charge in [-0.25, -0.2) is 0 Å². The maximum atomic E-state index is 12.0. The van der Waals surface area contributed by atoms with Crippen LogP contribution in [0.25, 0.3) is 0 Å². The zero-order chi connectivity index (χ0) is 13.1. The van der Waals surface area contributed by atoms with E-state index in [9.17, 15) is 9.90 Å². The molecule has 3 N–H and O–H groups in total. The number of nitrogens with one attached hydrogen (secondary N) is 2. The van der Waals surface area contributed by atoms with Gasteiger partial charge in [0, 0.05) is 34.1 Å².